The molecule has 0 aliphatic carbocycles. The first-order valence-electron chi connectivity index (χ1n) is 22.4. The summed E-state index contributed by atoms with van der Waals surface area (Å²) in [5.41, 5.74) is 2.95. The van der Waals surface area contributed by atoms with Crippen molar-refractivity contribution < 1.29 is 33.5 Å². The number of ether oxygens (including phenoxy) is 6. The van der Waals surface area contributed by atoms with E-state index in [4.69, 9.17) is 38.5 Å². The number of allylic oxidation sites excluding steroid dienone is 1. The molecule has 346 valence electrons. The number of pyridine rings is 1. The molecule has 0 amide bonds. The number of aliphatic hydroxyl groups excluding tert-OH is 1. The molecule has 0 unspecified atom stereocenters. The molecule has 15 heteroatoms. The summed E-state index contributed by atoms with van der Waals surface area (Å²) >= 11 is 0. The summed E-state index contributed by atoms with van der Waals surface area (Å²) in [5, 5.41) is 18.7. The largest absolute Gasteiger partial charge is 0.397 e. The zero-order chi connectivity index (χ0) is 44.5. The van der Waals surface area contributed by atoms with Crippen molar-refractivity contribution >= 4 is 17.3 Å². The number of anilines is 2. The van der Waals surface area contributed by atoms with Gasteiger partial charge in [-0.05, 0) is 51.6 Å². The van der Waals surface area contributed by atoms with E-state index in [9.17, 15) is 4.79 Å². The smallest absolute Gasteiger partial charge is 0.250 e. The molecule has 0 aromatic carbocycles. The van der Waals surface area contributed by atoms with Crippen LogP contribution < -0.4 is 21.1 Å². The van der Waals surface area contributed by atoms with Crippen molar-refractivity contribution in [1.82, 2.24) is 24.5 Å². The van der Waals surface area contributed by atoms with Gasteiger partial charge < -0.3 is 53.6 Å². The molecule has 3 aromatic heterocycles. The van der Waals surface area contributed by atoms with Crippen molar-refractivity contribution in [2.75, 3.05) is 123 Å². The van der Waals surface area contributed by atoms with Gasteiger partial charge in [0.15, 0.2) is 5.65 Å². The van der Waals surface area contributed by atoms with Gasteiger partial charge in [0.05, 0.1) is 85.5 Å². The third kappa shape index (κ3) is 26.0. The van der Waals surface area contributed by atoms with Gasteiger partial charge in [0.2, 0.25) is 0 Å². The fraction of sp³-hybridized carbons (Fsp3) is 0.711. The van der Waals surface area contributed by atoms with Gasteiger partial charge in [0.1, 0.15) is 11.6 Å². The van der Waals surface area contributed by atoms with Crippen molar-refractivity contribution in [2.45, 2.75) is 100 Å². The Hall–Kier alpha value is -3.41. The van der Waals surface area contributed by atoms with Gasteiger partial charge >= 0.3 is 0 Å². The third-order valence-corrected chi connectivity index (χ3v) is 8.44. The lowest BCUT2D eigenvalue weighted by atomic mass is 10.1. The molecule has 4 heterocycles. The van der Waals surface area contributed by atoms with Crippen LogP contribution in [-0.4, -0.2) is 137 Å². The molecule has 60 heavy (non-hydrogen) atoms. The average Bonchev–Trinajstić information content (AvgIpc) is 3.71. The lowest BCUT2D eigenvalue weighted by Gasteiger charge is -2.28. The molecular weight excluding hydrogens is 767 g/mol. The van der Waals surface area contributed by atoms with E-state index in [1.807, 2.05) is 63.8 Å². The maximum atomic E-state index is 12.5. The highest BCUT2D eigenvalue weighted by molar-refractivity contribution is 5.61. The molecule has 0 bridgehead atoms. The minimum Gasteiger partial charge on any atom is -0.397 e. The Morgan fingerprint density at radius 1 is 0.800 bits per heavy atom. The number of nitrogens with zero attached hydrogens (tertiary/aromatic N) is 5. The van der Waals surface area contributed by atoms with Crippen LogP contribution in [0.25, 0.3) is 5.65 Å². The number of aliphatic hydroxyl groups is 1. The predicted molar refractivity (Wildman–Crippen MR) is 246 cm³/mol. The summed E-state index contributed by atoms with van der Waals surface area (Å²) < 4.78 is 36.7. The number of aryl methyl sites for hydroxylation is 1. The molecule has 0 radical (unpaired) electrons. The number of hydrogen-bond acceptors (Lipinski definition) is 13. The van der Waals surface area contributed by atoms with Crippen molar-refractivity contribution in [3.05, 3.63) is 64.7 Å². The van der Waals surface area contributed by atoms with E-state index in [0.29, 0.717) is 92.4 Å². The van der Waals surface area contributed by atoms with Gasteiger partial charge in [0, 0.05) is 63.2 Å². The molecule has 1 fully saturated rings. The predicted octanol–water partition coefficient (Wildman–Crippen LogP) is 6.40. The molecule has 1 aliphatic heterocycles. The van der Waals surface area contributed by atoms with Crippen LogP contribution in [0.5, 0.6) is 0 Å². The minimum absolute atomic E-state index is 0.0593. The Labute approximate surface area is 362 Å². The SMILES string of the molecule is C=CCCC.CC.CC.CCO.CCc1cnn2c(NCc3ccc(=O)n(CCOCCOCCOCCOCCOCCOCCNC)c3)cc(N3CCCCC3)nc12. The van der Waals surface area contributed by atoms with Gasteiger partial charge in [0.25, 0.3) is 5.56 Å². The van der Waals surface area contributed by atoms with Gasteiger partial charge in [-0.25, -0.2) is 4.98 Å². The summed E-state index contributed by atoms with van der Waals surface area (Å²) in [6, 6.07) is 5.55. The van der Waals surface area contributed by atoms with E-state index in [2.05, 4.69) is 47.1 Å². The molecule has 0 spiro atoms. The van der Waals surface area contributed by atoms with Crippen molar-refractivity contribution in [3.63, 3.8) is 0 Å². The molecule has 0 atom stereocenters. The van der Waals surface area contributed by atoms with E-state index < -0.39 is 0 Å². The van der Waals surface area contributed by atoms with Crippen LogP contribution in [0.3, 0.4) is 0 Å². The minimum atomic E-state index is -0.0593. The Balaban J connectivity index is 0.00000259. The van der Waals surface area contributed by atoms with Crippen LogP contribution >= 0.6 is 0 Å². The zero-order valence-electron chi connectivity index (χ0n) is 38.7. The fourth-order valence-electron chi connectivity index (χ4n) is 5.45. The van der Waals surface area contributed by atoms with Gasteiger partial charge in [-0.15, -0.1) is 6.58 Å². The molecule has 15 nitrogen and oxygen atoms in total. The second kappa shape index (κ2) is 41.0. The highest BCUT2D eigenvalue weighted by atomic mass is 16.6. The number of hydrogen-bond donors (Lipinski definition) is 3. The maximum Gasteiger partial charge on any atom is 0.250 e. The highest BCUT2D eigenvalue weighted by Crippen LogP contribution is 2.25. The Bertz CT molecular complexity index is 1470. The lowest BCUT2D eigenvalue weighted by Crippen LogP contribution is -2.30. The number of likely N-dealkylation sites (N-methyl/N-ethyl adjacent to an activating group) is 1. The number of aromatic nitrogens is 4. The molecule has 4 rings (SSSR count). The Kier molecular flexibility index (Phi) is 38.6. The first-order chi connectivity index (χ1) is 29.5. The van der Waals surface area contributed by atoms with Crippen LogP contribution in [-0.2, 0) is 47.9 Å². The second-order valence-corrected chi connectivity index (χ2v) is 12.9. The summed E-state index contributed by atoms with van der Waals surface area (Å²) in [5.74, 6) is 1.87. The van der Waals surface area contributed by atoms with E-state index >= 15 is 0 Å². The van der Waals surface area contributed by atoms with Gasteiger partial charge in [-0.3, -0.25) is 4.79 Å². The van der Waals surface area contributed by atoms with Crippen LogP contribution in [0.4, 0.5) is 11.6 Å². The fourth-order valence-corrected chi connectivity index (χ4v) is 5.45. The molecule has 3 N–H and O–H groups in total. The highest BCUT2D eigenvalue weighted by Gasteiger charge is 2.17. The lowest BCUT2D eigenvalue weighted by molar-refractivity contribution is -0.0168. The van der Waals surface area contributed by atoms with Crippen molar-refractivity contribution in [1.29, 1.82) is 0 Å². The number of rotatable bonds is 28. The number of nitrogens with one attached hydrogen (secondary N) is 2. The van der Waals surface area contributed by atoms with Crippen LogP contribution in [0, 0.1) is 0 Å². The molecule has 0 saturated carbocycles. The first-order valence-corrected chi connectivity index (χ1v) is 22.4. The Morgan fingerprint density at radius 3 is 1.82 bits per heavy atom. The summed E-state index contributed by atoms with van der Waals surface area (Å²) in [7, 11) is 1.90. The third-order valence-electron chi connectivity index (χ3n) is 8.44. The molecule has 1 saturated heterocycles. The summed E-state index contributed by atoms with van der Waals surface area (Å²) in [6.45, 7) is 27.9. The quantitative estimate of drug-likeness (QED) is 0.0546. The molecule has 1 aliphatic rings. The van der Waals surface area contributed by atoms with E-state index in [-0.39, 0.29) is 12.2 Å². The van der Waals surface area contributed by atoms with Gasteiger partial charge in [-0.1, -0.05) is 60.1 Å². The second-order valence-electron chi connectivity index (χ2n) is 12.9. The normalized spacial score (nSPS) is 11.9. The topological polar surface area (TPSA) is 155 Å². The van der Waals surface area contributed by atoms with E-state index in [0.717, 1.165) is 60.9 Å². The molecular formula is C45H83N7O8. The van der Waals surface area contributed by atoms with Crippen molar-refractivity contribution in [2.24, 2.45) is 0 Å². The number of fused-ring (bicyclic) bond motifs is 1. The van der Waals surface area contributed by atoms with E-state index in [1.54, 1.807) is 17.6 Å². The average molecular weight is 850 g/mol. The van der Waals surface area contributed by atoms with Crippen LogP contribution in [0.2, 0.25) is 0 Å². The Morgan fingerprint density at radius 2 is 1.33 bits per heavy atom. The number of unbranched alkanes of at least 4 members (excludes halogenated alkanes) is 1. The maximum absolute atomic E-state index is 12.5. The van der Waals surface area contributed by atoms with Crippen molar-refractivity contribution in [3.8, 4) is 0 Å². The van der Waals surface area contributed by atoms with Crippen LogP contribution in [0.15, 0.2) is 48.0 Å². The van der Waals surface area contributed by atoms with Crippen LogP contribution in [0.1, 0.15) is 91.7 Å². The summed E-state index contributed by atoms with van der Waals surface area (Å²) in [6.07, 6.45) is 12.6. The first kappa shape index (κ1) is 56.6. The molecule has 3 aromatic rings. The zero-order valence-corrected chi connectivity index (χ0v) is 38.7. The number of piperidine rings is 1. The summed E-state index contributed by atoms with van der Waals surface area (Å²) in [4.78, 5) is 19.8. The van der Waals surface area contributed by atoms with Gasteiger partial charge in [-0.2, -0.15) is 9.61 Å². The monoisotopic (exact) mass is 850 g/mol. The van der Waals surface area contributed by atoms with E-state index in [1.165, 1.54) is 25.7 Å². The standard InChI is InChI=1S/C34H55N7O7.C5H10.C2H6O.2C2H6/c1-3-30-27-37-41-31(25-32(38-34(30)41)39-10-5-4-6-11-39)36-26-29-7-8-33(42)40(28-29)12-14-44-16-18-46-20-22-48-24-23-47-21-19-45-17-15-43-13-9-35-2;1-3-5-4-2;1-2-3;2*1-2/h7-8,25,27-28,35-36H,3-6,9-24,26H2,1-2H3;3H,1,4-5H2,2H3;3H,2H2,1H3;2*1-2H3.